The minimum Gasteiger partial charge on any atom is -0.405 e. The summed E-state index contributed by atoms with van der Waals surface area (Å²) in [7, 11) is 0. The van der Waals surface area contributed by atoms with Crippen molar-refractivity contribution in [2.45, 2.75) is 44.9 Å². The van der Waals surface area contributed by atoms with Crippen LogP contribution in [0.4, 0.5) is 13.2 Å². The zero-order chi connectivity index (χ0) is 21.3. The monoisotopic (exact) mass is 438 g/mol. The van der Waals surface area contributed by atoms with Gasteiger partial charge in [-0.05, 0) is 80.9 Å². The van der Waals surface area contributed by atoms with Crippen LogP contribution in [0.5, 0.6) is 5.75 Å². The molecule has 1 aromatic carbocycles. The molecule has 30 heavy (non-hydrogen) atoms. The summed E-state index contributed by atoms with van der Waals surface area (Å²) in [6.07, 6.45) is -1.02. The fourth-order valence-electron chi connectivity index (χ4n) is 4.25. The van der Waals surface area contributed by atoms with E-state index >= 15 is 0 Å². The highest BCUT2D eigenvalue weighted by Crippen LogP contribution is 2.41. The van der Waals surface area contributed by atoms with Crippen LogP contribution in [-0.4, -0.2) is 43.3 Å². The van der Waals surface area contributed by atoms with Crippen LogP contribution >= 0.6 is 11.3 Å². The van der Waals surface area contributed by atoms with Gasteiger partial charge in [0.25, 0.3) is 5.91 Å². The standard InChI is InChI=1S/C22H25F3N2O2S/c1-14-12-19(30-20(14)21(28)27-10-2-3-11-27)17-5-4-16(15-6-8-26-9-7-15)13-18(17)29-22(23,24)25/h4-5,12-13,15,26H,2-3,6-11H2,1H3. The summed E-state index contributed by atoms with van der Waals surface area (Å²) >= 11 is 1.24. The zero-order valence-electron chi connectivity index (χ0n) is 16.8. The van der Waals surface area contributed by atoms with E-state index < -0.39 is 6.36 Å². The van der Waals surface area contributed by atoms with E-state index in [2.05, 4.69) is 10.1 Å². The number of nitrogens with one attached hydrogen (secondary N) is 1. The first kappa shape index (κ1) is 21.2. The van der Waals surface area contributed by atoms with Gasteiger partial charge in [0.15, 0.2) is 0 Å². The van der Waals surface area contributed by atoms with Crippen molar-refractivity contribution in [3.63, 3.8) is 0 Å². The van der Waals surface area contributed by atoms with Crippen LogP contribution in [0.1, 0.15) is 52.4 Å². The van der Waals surface area contributed by atoms with Crippen molar-refractivity contribution in [2.24, 2.45) is 0 Å². The fourth-order valence-corrected chi connectivity index (χ4v) is 5.42. The van der Waals surface area contributed by atoms with E-state index in [9.17, 15) is 18.0 Å². The Morgan fingerprint density at radius 1 is 1.17 bits per heavy atom. The number of carbonyl (C=O) groups excluding carboxylic acids is 1. The third-order valence-corrected chi connectivity index (χ3v) is 7.07. The molecule has 1 N–H and O–H groups in total. The second-order valence-electron chi connectivity index (χ2n) is 7.95. The van der Waals surface area contributed by atoms with Crippen LogP contribution in [0.3, 0.4) is 0 Å². The number of halogens is 3. The number of aryl methyl sites for hydroxylation is 1. The Kier molecular flexibility index (Phi) is 6.06. The molecule has 1 aromatic heterocycles. The van der Waals surface area contributed by atoms with Crippen molar-refractivity contribution in [3.05, 3.63) is 40.3 Å². The molecule has 1 amide bonds. The Labute approximate surface area is 178 Å². The number of thiophene rings is 1. The fraction of sp³-hybridized carbons (Fsp3) is 0.500. The molecule has 2 fully saturated rings. The molecular formula is C22H25F3N2O2S. The van der Waals surface area contributed by atoms with Crippen LogP contribution in [0.25, 0.3) is 10.4 Å². The summed E-state index contributed by atoms with van der Waals surface area (Å²) in [6, 6.07) is 6.91. The highest BCUT2D eigenvalue weighted by atomic mass is 32.1. The van der Waals surface area contributed by atoms with Gasteiger partial charge in [0, 0.05) is 23.5 Å². The highest BCUT2D eigenvalue weighted by molar-refractivity contribution is 7.17. The lowest BCUT2D eigenvalue weighted by atomic mass is 9.89. The molecule has 4 nitrogen and oxygen atoms in total. The quantitative estimate of drug-likeness (QED) is 0.702. The number of likely N-dealkylation sites (tertiary alicyclic amines) is 1. The summed E-state index contributed by atoms with van der Waals surface area (Å²) in [6.45, 7) is 5.01. The second kappa shape index (κ2) is 8.59. The highest BCUT2D eigenvalue weighted by Gasteiger charge is 2.33. The minimum atomic E-state index is -4.78. The van der Waals surface area contributed by atoms with Crippen molar-refractivity contribution in [3.8, 4) is 16.2 Å². The normalized spacial score (nSPS) is 18.1. The van der Waals surface area contributed by atoms with Crippen LogP contribution in [0, 0.1) is 6.92 Å². The van der Waals surface area contributed by atoms with Crippen molar-refractivity contribution in [2.75, 3.05) is 26.2 Å². The van der Waals surface area contributed by atoms with Gasteiger partial charge in [-0.3, -0.25) is 4.79 Å². The van der Waals surface area contributed by atoms with Gasteiger partial charge >= 0.3 is 6.36 Å². The Morgan fingerprint density at radius 2 is 1.87 bits per heavy atom. The molecular weight excluding hydrogens is 413 g/mol. The molecule has 4 rings (SSSR count). The number of hydrogen-bond acceptors (Lipinski definition) is 4. The van der Waals surface area contributed by atoms with Gasteiger partial charge < -0.3 is 15.0 Å². The first-order valence-electron chi connectivity index (χ1n) is 10.3. The van der Waals surface area contributed by atoms with Crippen molar-refractivity contribution < 1.29 is 22.7 Å². The Balaban J connectivity index is 1.68. The van der Waals surface area contributed by atoms with E-state index in [4.69, 9.17) is 0 Å². The lowest BCUT2D eigenvalue weighted by Gasteiger charge is -2.24. The topological polar surface area (TPSA) is 41.6 Å². The third-order valence-electron chi connectivity index (χ3n) is 5.81. The van der Waals surface area contributed by atoms with Crippen LogP contribution in [0.2, 0.25) is 0 Å². The number of ether oxygens (including phenoxy) is 1. The molecule has 8 heteroatoms. The molecule has 2 saturated heterocycles. The number of carbonyl (C=O) groups is 1. The van der Waals surface area contributed by atoms with E-state index in [1.54, 1.807) is 12.1 Å². The number of hydrogen-bond donors (Lipinski definition) is 1. The van der Waals surface area contributed by atoms with Crippen molar-refractivity contribution in [1.29, 1.82) is 0 Å². The van der Waals surface area contributed by atoms with E-state index in [1.807, 2.05) is 17.9 Å². The van der Waals surface area contributed by atoms with Crippen LogP contribution in [-0.2, 0) is 0 Å². The SMILES string of the molecule is Cc1cc(-c2ccc(C3CCNCC3)cc2OC(F)(F)F)sc1C(=O)N1CCCC1. The lowest BCUT2D eigenvalue weighted by Crippen LogP contribution is -2.27. The molecule has 2 aromatic rings. The van der Waals surface area contributed by atoms with E-state index in [0.29, 0.717) is 15.3 Å². The Hall–Kier alpha value is -2.06. The molecule has 2 aliphatic heterocycles. The van der Waals surface area contributed by atoms with Gasteiger partial charge in [-0.1, -0.05) is 6.07 Å². The molecule has 3 heterocycles. The summed E-state index contributed by atoms with van der Waals surface area (Å²) in [4.78, 5) is 15.8. The lowest BCUT2D eigenvalue weighted by molar-refractivity contribution is -0.274. The molecule has 0 unspecified atom stereocenters. The van der Waals surface area contributed by atoms with Gasteiger partial charge in [-0.2, -0.15) is 0 Å². The molecule has 0 bridgehead atoms. The maximum atomic E-state index is 13.1. The number of alkyl halides is 3. The van der Waals surface area contributed by atoms with Gasteiger partial charge in [-0.25, -0.2) is 0 Å². The maximum Gasteiger partial charge on any atom is 0.573 e. The second-order valence-corrected chi connectivity index (χ2v) is 9.00. The first-order chi connectivity index (χ1) is 14.3. The smallest absolute Gasteiger partial charge is 0.405 e. The predicted molar refractivity (Wildman–Crippen MR) is 111 cm³/mol. The molecule has 0 radical (unpaired) electrons. The maximum absolute atomic E-state index is 13.1. The van der Waals surface area contributed by atoms with Gasteiger partial charge in [-0.15, -0.1) is 24.5 Å². The number of benzene rings is 1. The molecule has 0 atom stereocenters. The number of piperidine rings is 1. The zero-order valence-corrected chi connectivity index (χ0v) is 17.7. The molecule has 0 aliphatic carbocycles. The Morgan fingerprint density at radius 3 is 2.53 bits per heavy atom. The number of nitrogens with zero attached hydrogens (tertiary/aromatic N) is 1. The number of rotatable bonds is 4. The average molecular weight is 439 g/mol. The minimum absolute atomic E-state index is 0.0362. The van der Waals surface area contributed by atoms with Gasteiger partial charge in [0.2, 0.25) is 0 Å². The van der Waals surface area contributed by atoms with Crippen molar-refractivity contribution >= 4 is 17.2 Å². The number of amides is 1. The summed E-state index contributed by atoms with van der Waals surface area (Å²) < 4.78 is 43.8. The molecule has 2 aliphatic rings. The summed E-state index contributed by atoms with van der Waals surface area (Å²) in [5, 5.41) is 3.27. The predicted octanol–water partition coefficient (Wildman–Crippen LogP) is 5.33. The largest absolute Gasteiger partial charge is 0.573 e. The summed E-state index contributed by atoms with van der Waals surface area (Å²) in [5.41, 5.74) is 2.02. The first-order valence-corrected chi connectivity index (χ1v) is 11.1. The van der Waals surface area contributed by atoms with Crippen LogP contribution in [0.15, 0.2) is 24.3 Å². The van der Waals surface area contributed by atoms with Gasteiger partial charge in [0.05, 0.1) is 4.88 Å². The molecule has 0 saturated carbocycles. The molecule has 0 spiro atoms. The average Bonchev–Trinajstić information content (AvgIpc) is 3.37. The van der Waals surface area contributed by atoms with E-state index in [0.717, 1.165) is 63.0 Å². The van der Waals surface area contributed by atoms with E-state index in [-0.39, 0.29) is 17.6 Å². The third kappa shape index (κ3) is 4.64. The van der Waals surface area contributed by atoms with Gasteiger partial charge in [0.1, 0.15) is 5.75 Å². The van der Waals surface area contributed by atoms with Crippen molar-refractivity contribution in [1.82, 2.24) is 10.2 Å². The van der Waals surface area contributed by atoms with E-state index in [1.165, 1.54) is 17.4 Å². The van der Waals surface area contributed by atoms with Crippen LogP contribution < -0.4 is 10.1 Å². The molecule has 162 valence electrons. The Bertz CT molecular complexity index is 914. The summed E-state index contributed by atoms with van der Waals surface area (Å²) in [5.74, 6) is -0.0147.